The number of hydrogen-bond donors (Lipinski definition) is 2. The predicted molar refractivity (Wildman–Crippen MR) is 148 cm³/mol. The molecule has 2 amide bonds. The quantitative estimate of drug-likeness (QED) is 0.440. The number of carbonyl (C=O) groups excluding carboxylic acids is 2. The molecule has 190 valence electrons. The maximum atomic E-state index is 12.9. The fourth-order valence-electron chi connectivity index (χ4n) is 4.27. The average molecular weight is 506 g/mol. The molecule has 1 aliphatic rings. The van der Waals surface area contributed by atoms with Crippen LogP contribution < -0.4 is 15.5 Å². The van der Waals surface area contributed by atoms with Crippen molar-refractivity contribution in [3.05, 3.63) is 82.0 Å². The van der Waals surface area contributed by atoms with Crippen molar-refractivity contribution in [2.75, 3.05) is 70.1 Å². The van der Waals surface area contributed by atoms with Gasteiger partial charge in [0.05, 0.1) is 16.3 Å². The number of likely N-dealkylation sites (N-methyl/N-ethyl adjacent to an activating group) is 1. The van der Waals surface area contributed by atoms with Crippen molar-refractivity contribution < 1.29 is 9.59 Å². The molecule has 8 heteroatoms. The van der Waals surface area contributed by atoms with Gasteiger partial charge in [-0.05, 0) is 55.7 Å². The van der Waals surface area contributed by atoms with Crippen LogP contribution in [0.2, 0.25) is 0 Å². The minimum absolute atomic E-state index is 0.141. The summed E-state index contributed by atoms with van der Waals surface area (Å²) < 4.78 is 0. The SMILES string of the molecule is CN(C)CCN1CCN(c2ccc(C(=O)NCCc3ccccc3)cc2NC(=O)c2cccs2)CC1. The van der Waals surface area contributed by atoms with Crippen LogP contribution in [-0.4, -0.2) is 81.5 Å². The average Bonchev–Trinajstić information content (AvgIpc) is 3.44. The van der Waals surface area contributed by atoms with E-state index in [1.165, 1.54) is 16.9 Å². The van der Waals surface area contributed by atoms with E-state index in [-0.39, 0.29) is 11.8 Å². The Balaban J connectivity index is 1.45. The van der Waals surface area contributed by atoms with Gasteiger partial charge < -0.3 is 20.4 Å². The molecule has 0 saturated carbocycles. The summed E-state index contributed by atoms with van der Waals surface area (Å²) in [4.78, 5) is 33.4. The summed E-state index contributed by atoms with van der Waals surface area (Å²) in [5.41, 5.74) is 3.35. The van der Waals surface area contributed by atoms with Gasteiger partial charge in [-0.2, -0.15) is 0 Å². The normalized spacial score (nSPS) is 14.1. The van der Waals surface area contributed by atoms with Gasteiger partial charge in [-0.3, -0.25) is 14.5 Å². The number of benzene rings is 2. The summed E-state index contributed by atoms with van der Waals surface area (Å²) in [6, 6.07) is 19.4. The smallest absolute Gasteiger partial charge is 0.265 e. The predicted octanol–water partition coefficient (Wildman–Crippen LogP) is 3.66. The minimum atomic E-state index is -0.155. The van der Waals surface area contributed by atoms with Gasteiger partial charge in [0.1, 0.15) is 0 Å². The molecular weight excluding hydrogens is 470 g/mol. The molecular formula is C28H35N5O2S. The molecule has 3 aromatic rings. The van der Waals surface area contributed by atoms with Crippen molar-refractivity contribution in [1.29, 1.82) is 0 Å². The summed E-state index contributed by atoms with van der Waals surface area (Å²) >= 11 is 1.40. The van der Waals surface area contributed by atoms with Gasteiger partial charge in [0.2, 0.25) is 0 Å². The van der Waals surface area contributed by atoms with E-state index < -0.39 is 0 Å². The van der Waals surface area contributed by atoms with Gasteiger partial charge in [0, 0.05) is 51.4 Å². The van der Waals surface area contributed by atoms with Crippen LogP contribution in [0.15, 0.2) is 66.0 Å². The zero-order valence-electron chi connectivity index (χ0n) is 21.1. The molecule has 1 aromatic heterocycles. The van der Waals surface area contributed by atoms with Gasteiger partial charge in [-0.1, -0.05) is 36.4 Å². The Morgan fingerprint density at radius 1 is 0.944 bits per heavy atom. The van der Waals surface area contributed by atoms with Gasteiger partial charge in [0.25, 0.3) is 11.8 Å². The number of hydrogen-bond acceptors (Lipinski definition) is 6. The fourth-order valence-corrected chi connectivity index (χ4v) is 4.88. The Hall–Kier alpha value is -3.20. The van der Waals surface area contributed by atoms with E-state index in [9.17, 15) is 9.59 Å². The summed E-state index contributed by atoms with van der Waals surface area (Å²) in [7, 11) is 4.19. The summed E-state index contributed by atoms with van der Waals surface area (Å²) in [6.07, 6.45) is 0.769. The van der Waals surface area contributed by atoms with Crippen LogP contribution in [0.25, 0.3) is 0 Å². The number of piperazine rings is 1. The first-order valence-corrected chi connectivity index (χ1v) is 13.3. The number of amides is 2. The molecule has 4 rings (SSSR count). The molecule has 0 atom stereocenters. The van der Waals surface area contributed by atoms with Crippen molar-refractivity contribution in [3.8, 4) is 0 Å². The van der Waals surface area contributed by atoms with Crippen molar-refractivity contribution in [1.82, 2.24) is 15.1 Å². The minimum Gasteiger partial charge on any atom is -0.367 e. The second kappa shape index (κ2) is 12.7. The Morgan fingerprint density at radius 2 is 1.72 bits per heavy atom. The number of thiophene rings is 1. The summed E-state index contributed by atoms with van der Waals surface area (Å²) in [5, 5.41) is 7.97. The first-order valence-electron chi connectivity index (χ1n) is 12.4. The fraction of sp³-hybridized carbons (Fsp3) is 0.357. The Bertz CT molecular complexity index is 1130. The lowest BCUT2D eigenvalue weighted by atomic mass is 10.1. The van der Waals surface area contributed by atoms with E-state index in [1.807, 2.05) is 47.8 Å². The van der Waals surface area contributed by atoms with E-state index in [2.05, 4.69) is 51.6 Å². The van der Waals surface area contributed by atoms with Crippen molar-refractivity contribution >= 4 is 34.5 Å². The lowest BCUT2D eigenvalue weighted by Gasteiger charge is -2.37. The van der Waals surface area contributed by atoms with Crippen LogP contribution in [0, 0.1) is 0 Å². The second-order valence-corrected chi connectivity index (χ2v) is 10.2. The van der Waals surface area contributed by atoms with Gasteiger partial charge in [-0.25, -0.2) is 0 Å². The van der Waals surface area contributed by atoms with Gasteiger partial charge >= 0.3 is 0 Å². The molecule has 0 spiro atoms. The van der Waals surface area contributed by atoms with Crippen LogP contribution >= 0.6 is 11.3 Å². The van der Waals surface area contributed by atoms with Crippen LogP contribution in [0.4, 0.5) is 11.4 Å². The molecule has 1 saturated heterocycles. The molecule has 1 aliphatic heterocycles. The number of carbonyl (C=O) groups is 2. The maximum absolute atomic E-state index is 12.9. The standard InChI is InChI=1S/C28H35N5O2S/c1-31(2)14-15-32-16-18-33(19-17-32)25-11-10-23(21-24(25)30-28(35)26-9-6-20-36-26)27(34)29-13-12-22-7-4-3-5-8-22/h3-11,20-21H,12-19H2,1-2H3,(H,29,34)(H,30,35). The molecule has 2 N–H and O–H groups in total. The highest BCUT2D eigenvalue weighted by Gasteiger charge is 2.21. The highest BCUT2D eigenvalue weighted by atomic mass is 32.1. The molecule has 0 radical (unpaired) electrons. The van der Waals surface area contributed by atoms with E-state index in [4.69, 9.17) is 0 Å². The molecule has 0 bridgehead atoms. The Kier molecular flexibility index (Phi) is 9.11. The van der Waals surface area contributed by atoms with Crippen LogP contribution in [-0.2, 0) is 6.42 Å². The van der Waals surface area contributed by atoms with E-state index in [0.29, 0.717) is 22.7 Å². The maximum Gasteiger partial charge on any atom is 0.265 e. The van der Waals surface area contributed by atoms with Crippen molar-refractivity contribution in [3.63, 3.8) is 0 Å². The first kappa shape index (κ1) is 25.9. The number of anilines is 2. The number of rotatable bonds is 10. The van der Waals surface area contributed by atoms with E-state index in [0.717, 1.165) is 51.4 Å². The monoisotopic (exact) mass is 505 g/mol. The molecule has 1 fully saturated rings. The lowest BCUT2D eigenvalue weighted by molar-refractivity contribution is 0.0952. The number of nitrogens with zero attached hydrogens (tertiary/aromatic N) is 3. The Labute approximate surface area is 217 Å². The van der Waals surface area contributed by atoms with E-state index >= 15 is 0 Å². The highest BCUT2D eigenvalue weighted by molar-refractivity contribution is 7.12. The molecule has 2 aromatic carbocycles. The third kappa shape index (κ3) is 7.16. The zero-order chi connectivity index (χ0) is 25.3. The molecule has 0 aliphatic carbocycles. The lowest BCUT2D eigenvalue weighted by Crippen LogP contribution is -2.48. The third-order valence-electron chi connectivity index (χ3n) is 6.37. The van der Waals surface area contributed by atoms with E-state index in [1.54, 1.807) is 6.07 Å². The second-order valence-electron chi connectivity index (χ2n) is 9.29. The zero-order valence-corrected chi connectivity index (χ0v) is 21.9. The van der Waals surface area contributed by atoms with Crippen LogP contribution in [0.5, 0.6) is 0 Å². The summed E-state index contributed by atoms with van der Waals surface area (Å²) in [6.45, 7) is 6.31. The highest BCUT2D eigenvalue weighted by Crippen LogP contribution is 2.29. The Morgan fingerprint density at radius 3 is 2.42 bits per heavy atom. The molecule has 7 nitrogen and oxygen atoms in total. The van der Waals surface area contributed by atoms with Crippen molar-refractivity contribution in [2.24, 2.45) is 0 Å². The van der Waals surface area contributed by atoms with Crippen LogP contribution in [0.1, 0.15) is 25.6 Å². The molecule has 36 heavy (non-hydrogen) atoms. The third-order valence-corrected chi connectivity index (χ3v) is 7.24. The van der Waals surface area contributed by atoms with Gasteiger partial charge in [-0.15, -0.1) is 11.3 Å². The van der Waals surface area contributed by atoms with Gasteiger partial charge in [0.15, 0.2) is 0 Å². The van der Waals surface area contributed by atoms with Crippen molar-refractivity contribution in [2.45, 2.75) is 6.42 Å². The van der Waals surface area contributed by atoms with Crippen LogP contribution in [0.3, 0.4) is 0 Å². The molecule has 2 heterocycles. The number of nitrogens with one attached hydrogen (secondary N) is 2. The first-order chi connectivity index (χ1) is 17.5. The largest absolute Gasteiger partial charge is 0.367 e. The topological polar surface area (TPSA) is 67.9 Å². The summed E-state index contributed by atoms with van der Waals surface area (Å²) in [5.74, 6) is -0.296. The molecule has 0 unspecified atom stereocenters.